The Hall–Kier alpha value is -12.4. The summed E-state index contributed by atoms with van der Waals surface area (Å²) in [5.74, 6) is 0. The van der Waals surface area contributed by atoms with Gasteiger partial charge in [0.1, 0.15) is 11.2 Å². The fourth-order valence-corrected chi connectivity index (χ4v) is 15.8. The Morgan fingerprint density at radius 1 is 0.215 bits per heavy atom. The Bertz CT molecular complexity index is 6610. The van der Waals surface area contributed by atoms with E-state index in [1.807, 2.05) is 12.1 Å². The maximum Gasteiger partial charge on any atom is 0.143 e. The first-order valence-electron chi connectivity index (χ1n) is 32.0. The van der Waals surface area contributed by atoms with Gasteiger partial charge in [0.05, 0.1) is 49.7 Å². The predicted octanol–water partition coefficient (Wildman–Crippen LogP) is 23.9. The predicted molar refractivity (Wildman–Crippen MR) is 392 cm³/mol. The molecule has 0 radical (unpaired) electrons. The fraction of sp³-hybridized carbons (Fsp3) is 0. The number of benzene rings is 15. The highest BCUT2D eigenvalue weighted by Crippen LogP contribution is 2.47. The molecule has 21 rings (SSSR count). The van der Waals surface area contributed by atoms with Crippen molar-refractivity contribution in [3.8, 4) is 50.4 Å². The lowest BCUT2D eigenvalue weighted by Gasteiger charge is -2.13. The van der Waals surface area contributed by atoms with E-state index in [0.717, 1.165) is 44.4 Å². The Balaban J connectivity index is 0.000000129. The molecule has 6 heterocycles. The van der Waals surface area contributed by atoms with E-state index in [0.29, 0.717) is 0 Å². The smallest absolute Gasteiger partial charge is 0.143 e. The number of fused-ring (bicyclic) bond motifs is 17. The second-order valence-electron chi connectivity index (χ2n) is 24.6. The molecule has 5 heteroatoms. The monoisotopic (exact) mass is 1180 g/mol. The van der Waals surface area contributed by atoms with Crippen LogP contribution in [-0.4, -0.2) is 18.1 Å². The zero-order valence-corrected chi connectivity index (χ0v) is 50.4. The van der Waals surface area contributed by atoms with Gasteiger partial charge in [0, 0.05) is 81.9 Å². The Kier molecular flexibility index (Phi) is 11.1. The molecule has 0 N–H and O–H groups in total. The molecule has 432 valence electrons. The van der Waals surface area contributed by atoms with E-state index in [-0.39, 0.29) is 0 Å². The van der Waals surface area contributed by atoms with Gasteiger partial charge in [0.25, 0.3) is 0 Å². The molecule has 0 bridgehead atoms. The highest BCUT2D eigenvalue weighted by molar-refractivity contribution is 6.33. The average molecular weight is 1180 g/mol. The number of rotatable bonds is 6. The maximum atomic E-state index is 6.46. The number of aromatic nitrogens is 4. The zero-order valence-electron chi connectivity index (χ0n) is 50.4. The molecule has 15 aromatic carbocycles. The molecular weight excluding hydrogens is 1130 g/mol. The van der Waals surface area contributed by atoms with Crippen molar-refractivity contribution >= 4 is 136 Å². The Morgan fingerprint density at radius 3 is 1.45 bits per heavy atom. The molecule has 0 saturated heterocycles. The van der Waals surface area contributed by atoms with Gasteiger partial charge in [-0.05, 0) is 135 Å². The normalized spacial score (nSPS) is 12.1. The summed E-state index contributed by atoms with van der Waals surface area (Å²) in [5.41, 5.74) is 23.4. The summed E-state index contributed by atoms with van der Waals surface area (Å²) in [4.78, 5) is 0. The second-order valence-corrected chi connectivity index (χ2v) is 24.6. The first-order valence-corrected chi connectivity index (χ1v) is 32.0. The number of nitrogens with zero attached hydrogens (tertiary/aromatic N) is 4. The molecule has 0 atom stereocenters. The van der Waals surface area contributed by atoms with Gasteiger partial charge in [-0.2, -0.15) is 0 Å². The van der Waals surface area contributed by atoms with Crippen molar-refractivity contribution in [2.24, 2.45) is 0 Å². The van der Waals surface area contributed by atoms with Gasteiger partial charge < -0.3 is 22.5 Å². The van der Waals surface area contributed by atoms with E-state index in [1.165, 1.54) is 142 Å². The summed E-state index contributed by atoms with van der Waals surface area (Å²) in [6.45, 7) is 0. The van der Waals surface area contributed by atoms with E-state index >= 15 is 0 Å². The van der Waals surface area contributed by atoms with Crippen molar-refractivity contribution < 1.29 is 4.42 Å². The van der Waals surface area contributed by atoms with Crippen LogP contribution in [0.4, 0.5) is 0 Å². The summed E-state index contributed by atoms with van der Waals surface area (Å²) in [7, 11) is 0. The average Bonchev–Trinajstić information content (AvgIpc) is 1.49. The standard InChI is InChI=1S/C46H28N2O.C42H26N2/c1-2-14-31(15-3-1)47-41-25-24-29-12-4-5-17-33(29)45(41)39-27-38-35-18-6-8-22-40(35)48(42(38)28-43(39)47)32-16-10-13-30(26-32)34-20-11-21-37-36-19-7-9-23-44(36)49-46(34)37;1-2-12-27(13-3-1)30-16-4-5-17-31(30)28-14-10-15-29(26-28)43-38-23-11-20-34-32-18-6-8-21-36(32)44-37-22-9-7-19-33(37)35-24-25-39(43)41(40(34)38)42(35)44/h1-28H;1-26H. The number of para-hydroxylation sites is 6. The first kappa shape index (κ1) is 51.4. The molecule has 0 aliphatic carbocycles. The summed E-state index contributed by atoms with van der Waals surface area (Å²) in [5, 5.41) is 17.6. The number of hydrogen-bond acceptors (Lipinski definition) is 1. The van der Waals surface area contributed by atoms with Crippen LogP contribution < -0.4 is 0 Å². The van der Waals surface area contributed by atoms with Gasteiger partial charge in [0.2, 0.25) is 0 Å². The Labute approximate surface area is 533 Å². The third kappa shape index (κ3) is 7.56. The van der Waals surface area contributed by atoms with Crippen molar-refractivity contribution in [1.29, 1.82) is 0 Å². The molecule has 0 aliphatic heterocycles. The summed E-state index contributed by atoms with van der Waals surface area (Å²) >= 11 is 0. The van der Waals surface area contributed by atoms with Crippen LogP contribution in [0.15, 0.2) is 332 Å². The quantitative estimate of drug-likeness (QED) is 0.163. The summed E-state index contributed by atoms with van der Waals surface area (Å²) in [6.07, 6.45) is 0. The van der Waals surface area contributed by atoms with Crippen LogP contribution in [0.25, 0.3) is 187 Å². The van der Waals surface area contributed by atoms with Crippen LogP contribution in [0.5, 0.6) is 0 Å². The lowest BCUT2D eigenvalue weighted by molar-refractivity contribution is 0.670. The number of furan rings is 1. The summed E-state index contributed by atoms with van der Waals surface area (Å²) < 4.78 is 16.3. The minimum absolute atomic E-state index is 0.911. The fourth-order valence-electron chi connectivity index (χ4n) is 15.8. The molecule has 6 aromatic heterocycles. The van der Waals surface area contributed by atoms with E-state index in [4.69, 9.17) is 4.42 Å². The lowest BCUT2D eigenvalue weighted by Crippen LogP contribution is -1.96. The third-order valence-corrected chi connectivity index (χ3v) is 19.7. The van der Waals surface area contributed by atoms with Crippen molar-refractivity contribution in [2.45, 2.75) is 0 Å². The van der Waals surface area contributed by atoms with Gasteiger partial charge in [-0.1, -0.05) is 237 Å². The van der Waals surface area contributed by atoms with Crippen LogP contribution in [0.1, 0.15) is 0 Å². The van der Waals surface area contributed by atoms with E-state index in [1.54, 1.807) is 0 Å². The third-order valence-electron chi connectivity index (χ3n) is 19.7. The van der Waals surface area contributed by atoms with Crippen LogP contribution in [-0.2, 0) is 0 Å². The maximum absolute atomic E-state index is 6.46. The summed E-state index contributed by atoms with van der Waals surface area (Å²) in [6, 6.07) is 119. The molecule has 0 amide bonds. The SMILES string of the molecule is c1ccc(-c2ccccc2-c2cccc(-n3c4cccc5c6ccccc6n6c7ccccc7c7ccc3c(c54)c76)c2)cc1.c1ccc(-n2c3cc4c(cc3c3c5ccccc5ccc32)c2ccccc2n4-c2cccc(-c3cccc4c3oc3ccccc34)c2)cc1. The highest BCUT2D eigenvalue weighted by Gasteiger charge is 2.25. The van der Waals surface area contributed by atoms with Crippen LogP contribution in [0.2, 0.25) is 0 Å². The molecule has 0 saturated carbocycles. The van der Waals surface area contributed by atoms with Gasteiger partial charge in [-0.15, -0.1) is 0 Å². The van der Waals surface area contributed by atoms with Gasteiger partial charge >= 0.3 is 0 Å². The topological polar surface area (TPSA) is 32.3 Å². The molecule has 0 aliphatic rings. The van der Waals surface area contributed by atoms with Crippen LogP contribution in [0.3, 0.4) is 0 Å². The largest absolute Gasteiger partial charge is 0.455 e. The van der Waals surface area contributed by atoms with Gasteiger partial charge in [-0.3, -0.25) is 0 Å². The first-order chi connectivity index (χ1) is 46.2. The zero-order chi connectivity index (χ0) is 60.8. The van der Waals surface area contributed by atoms with Crippen molar-refractivity contribution in [3.63, 3.8) is 0 Å². The Morgan fingerprint density at radius 2 is 0.688 bits per heavy atom. The van der Waals surface area contributed by atoms with E-state index in [2.05, 4.69) is 334 Å². The number of hydrogen-bond donors (Lipinski definition) is 0. The minimum atomic E-state index is 0.911. The molecule has 5 nitrogen and oxygen atoms in total. The van der Waals surface area contributed by atoms with Gasteiger partial charge in [-0.25, -0.2) is 0 Å². The highest BCUT2D eigenvalue weighted by atomic mass is 16.3. The molecule has 0 unspecified atom stereocenters. The second kappa shape index (κ2) is 20.0. The minimum Gasteiger partial charge on any atom is -0.455 e. The van der Waals surface area contributed by atoms with E-state index < -0.39 is 0 Å². The molecule has 93 heavy (non-hydrogen) atoms. The van der Waals surface area contributed by atoms with Crippen molar-refractivity contribution in [1.82, 2.24) is 18.1 Å². The van der Waals surface area contributed by atoms with Crippen molar-refractivity contribution in [3.05, 3.63) is 328 Å². The lowest BCUT2D eigenvalue weighted by atomic mass is 9.94. The van der Waals surface area contributed by atoms with Crippen LogP contribution in [0, 0.1) is 0 Å². The molecule has 0 spiro atoms. The molecule has 21 aromatic rings. The van der Waals surface area contributed by atoms with Gasteiger partial charge in [0.15, 0.2) is 0 Å². The van der Waals surface area contributed by atoms with Crippen LogP contribution >= 0.6 is 0 Å². The van der Waals surface area contributed by atoms with E-state index in [9.17, 15) is 0 Å². The molecular formula is C88H54N4O. The van der Waals surface area contributed by atoms with Crippen molar-refractivity contribution in [2.75, 3.05) is 0 Å². The molecule has 0 fully saturated rings.